The summed E-state index contributed by atoms with van der Waals surface area (Å²) < 4.78 is 0. The number of nitrogens with zero attached hydrogens (tertiary/aromatic N) is 2. The molecule has 1 aliphatic carbocycles. The fourth-order valence-electron chi connectivity index (χ4n) is 1.94. The molecule has 0 spiro atoms. The zero-order valence-electron chi connectivity index (χ0n) is 10.5. The highest BCUT2D eigenvalue weighted by Gasteiger charge is 2.42. The van der Waals surface area contributed by atoms with Gasteiger partial charge in [-0.15, -0.1) is 0 Å². The third kappa shape index (κ3) is 2.91. The van der Waals surface area contributed by atoms with Crippen molar-refractivity contribution in [1.82, 2.24) is 0 Å². The molecule has 1 N–H and O–H groups in total. The van der Waals surface area contributed by atoms with Crippen molar-refractivity contribution < 1.29 is 0 Å². The van der Waals surface area contributed by atoms with Gasteiger partial charge in [0.25, 0.3) is 0 Å². The molecule has 0 heterocycles. The molecular weight excluding hydrogens is 210 g/mol. The Labute approximate surface area is 103 Å². The Bertz CT molecular complexity index is 427. The van der Waals surface area contributed by atoms with Crippen LogP contribution in [-0.2, 0) is 0 Å². The molecule has 0 aromatic heterocycles. The van der Waals surface area contributed by atoms with Crippen molar-refractivity contribution in [3.63, 3.8) is 0 Å². The first-order valence-electron chi connectivity index (χ1n) is 6.03. The number of hydrogen-bond donors (Lipinski definition) is 1. The lowest BCUT2D eigenvalue weighted by molar-refractivity contribution is 0.557. The lowest BCUT2D eigenvalue weighted by Gasteiger charge is -2.16. The van der Waals surface area contributed by atoms with Gasteiger partial charge in [0.05, 0.1) is 6.07 Å². The summed E-state index contributed by atoms with van der Waals surface area (Å²) in [5, 5.41) is 12.2. The van der Waals surface area contributed by atoms with Crippen molar-refractivity contribution in [2.24, 2.45) is 5.41 Å². The molecule has 0 amide bonds. The number of anilines is 2. The Morgan fingerprint density at radius 2 is 2.18 bits per heavy atom. The summed E-state index contributed by atoms with van der Waals surface area (Å²) in [5.74, 6) is 0. The van der Waals surface area contributed by atoms with Crippen LogP contribution < -0.4 is 10.2 Å². The topological polar surface area (TPSA) is 39.1 Å². The highest BCUT2D eigenvalue weighted by Crippen LogP contribution is 2.48. The molecular formula is C14H19N3. The van der Waals surface area contributed by atoms with E-state index < -0.39 is 0 Å². The van der Waals surface area contributed by atoms with Crippen molar-refractivity contribution in [2.45, 2.75) is 19.3 Å². The first-order chi connectivity index (χ1) is 8.15. The predicted molar refractivity (Wildman–Crippen MR) is 71.2 cm³/mol. The van der Waals surface area contributed by atoms with Crippen LogP contribution in [0.4, 0.5) is 11.4 Å². The van der Waals surface area contributed by atoms with Crippen LogP contribution in [0.25, 0.3) is 0 Å². The van der Waals surface area contributed by atoms with Gasteiger partial charge in [0.2, 0.25) is 0 Å². The van der Waals surface area contributed by atoms with E-state index in [1.165, 1.54) is 18.5 Å². The Balaban J connectivity index is 1.95. The van der Waals surface area contributed by atoms with Crippen molar-refractivity contribution in [3.05, 3.63) is 24.3 Å². The van der Waals surface area contributed by atoms with E-state index in [1.54, 1.807) is 0 Å². The molecule has 1 aliphatic rings. The van der Waals surface area contributed by atoms with Gasteiger partial charge in [-0.2, -0.15) is 5.26 Å². The summed E-state index contributed by atoms with van der Waals surface area (Å²) in [6, 6.07) is 10.7. The first-order valence-corrected chi connectivity index (χ1v) is 6.03. The van der Waals surface area contributed by atoms with E-state index in [0.717, 1.165) is 12.2 Å². The Morgan fingerprint density at radius 3 is 2.76 bits per heavy atom. The second-order valence-electron chi connectivity index (χ2n) is 5.13. The maximum atomic E-state index is 8.77. The lowest BCUT2D eigenvalue weighted by Crippen LogP contribution is -2.15. The summed E-state index contributed by atoms with van der Waals surface area (Å²) in [6.45, 7) is 0.914. The molecule has 0 saturated heterocycles. The number of hydrogen-bond acceptors (Lipinski definition) is 3. The number of rotatable bonds is 5. The third-order valence-electron chi connectivity index (χ3n) is 3.44. The Hall–Kier alpha value is -1.69. The Kier molecular flexibility index (Phi) is 3.23. The highest BCUT2D eigenvalue weighted by molar-refractivity contribution is 5.57. The molecule has 0 unspecified atom stereocenters. The van der Waals surface area contributed by atoms with Crippen molar-refractivity contribution in [2.75, 3.05) is 30.9 Å². The van der Waals surface area contributed by atoms with Crippen LogP contribution in [-0.4, -0.2) is 20.6 Å². The molecule has 0 aliphatic heterocycles. The summed E-state index contributed by atoms with van der Waals surface area (Å²) in [5.41, 5.74) is 2.59. The van der Waals surface area contributed by atoms with E-state index in [-0.39, 0.29) is 5.41 Å². The third-order valence-corrected chi connectivity index (χ3v) is 3.44. The molecule has 1 fully saturated rings. The first kappa shape index (κ1) is 11.8. The smallest absolute Gasteiger partial charge is 0.0628 e. The van der Waals surface area contributed by atoms with Gasteiger partial charge < -0.3 is 10.2 Å². The zero-order valence-corrected chi connectivity index (χ0v) is 10.5. The molecule has 2 rings (SSSR count). The van der Waals surface area contributed by atoms with E-state index in [1.807, 2.05) is 14.1 Å². The fraction of sp³-hybridized carbons (Fsp3) is 0.500. The fourth-order valence-corrected chi connectivity index (χ4v) is 1.94. The van der Waals surface area contributed by atoms with Crippen molar-refractivity contribution >= 4 is 11.4 Å². The Morgan fingerprint density at radius 1 is 1.41 bits per heavy atom. The monoisotopic (exact) mass is 229 g/mol. The minimum absolute atomic E-state index is 0.253. The molecule has 90 valence electrons. The van der Waals surface area contributed by atoms with Gasteiger partial charge in [-0.25, -0.2) is 0 Å². The van der Waals surface area contributed by atoms with Crippen LogP contribution in [0.3, 0.4) is 0 Å². The number of nitrogens with one attached hydrogen (secondary N) is 1. The van der Waals surface area contributed by atoms with Crippen LogP contribution in [0.2, 0.25) is 0 Å². The minimum Gasteiger partial charge on any atom is -0.384 e. The van der Waals surface area contributed by atoms with Crippen LogP contribution in [0.15, 0.2) is 24.3 Å². The number of benzene rings is 1. The maximum Gasteiger partial charge on any atom is 0.0628 e. The van der Waals surface area contributed by atoms with Crippen molar-refractivity contribution in [1.29, 1.82) is 5.26 Å². The average Bonchev–Trinajstić information content (AvgIpc) is 3.08. The summed E-state index contributed by atoms with van der Waals surface area (Å²) in [6.07, 6.45) is 3.04. The lowest BCUT2D eigenvalue weighted by atomic mass is 10.0. The zero-order chi connectivity index (χ0) is 12.3. The van der Waals surface area contributed by atoms with E-state index in [4.69, 9.17) is 5.26 Å². The van der Waals surface area contributed by atoms with Crippen LogP contribution in [0, 0.1) is 16.7 Å². The van der Waals surface area contributed by atoms with Gasteiger partial charge in [-0.05, 0) is 31.0 Å². The van der Waals surface area contributed by atoms with Gasteiger partial charge in [0.1, 0.15) is 0 Å². The van der Waals surface area contributed by atoms with E-state index in [0.29, 0.717) is 6.42 Å². The molecule has 0 atom stereocenters. The molecule has 1 aromatic rings. The SMILES string of the molecule is CN(C)c1cccc(NCC2(CC#N)CC2)c1. The second-order valence-corrected chi connectivity index (χ2v) is 5.13. The van der Waals surface area contributed by atoms with Crippen molar-refractivity contribution in [3.8, 4) is 6.07 Å². The molecule has 17 heavy (non-hydrogen) atoms. The standard InChI is InChI=1S/C14H19N3/c1-17(2)13-5-3-4-12(10-13)16-11-14(6-7-14)8-9-15/h3-5,10,16H,6-8,11H2,1-2H3. The minimum atomic E-state index is 0.253. The second kappa shape index (κ2) is 4.67. The average molecular weight is 229 g/mol. The van der Waals surface area contributed by atoms with E-state index in [2.05, 4.69) is 40.6 Å². The molecule has 1 saturated carbocycles. The van der Waals surface area contributed by atoms with Gasteiger partial charge in [0, 0.05) is 43.9 Å². The molecule has 0 bridgehead atoms. The largest absolute Gasteiger partial charge is 0.384 e. The molecule has 3 nitrogen and oxygen atoms in total. The maximum absolute atomic E-state index is 8.77. The highest BCUT2D eigenvalue weighted by atomic mass is 15.1. The van der Waals surface area contributed by atoms with Crippen LogP contribution >= 0.6 is 0 Å². The van der Waals surface area contributed by atoms with Gasteiger partial charge in [0.15, 0.2) is 0 Å². The summed E-state index contributed by atoms with van der Waals surface area (Å²) >= 11 is 0. The van der Waals surface area contributed by atoms with Crippen LogP contribution in [0.5, 0.6) is 0 Å². The normalized spacial score (nSPS) is 16.1. The quantitative estimate of drug-likeness (QED) is 0.843. The van der Waals surface area contributed by atoms with Gasteiger partial charge in [-0.1, -0.05) is 6.07 Å². The molecule has 3 heteroatoms. The predicted octanol–water partition coefficient (Wildman–Crippen LogP) is 2.86. The molecule has 0 radical (unpaired) electrons. The van der Waals surface area contributed by atoms with E-state index >= 15 is 0 Å². The van der Waals surface area contributed by atoms with Crippen LogP contribution in [0.1, 0.15) is 19.3 Å². The number of nitriles is 1. The van der Waals surface area contributed by atoms with Gasteiger partial charge >= 0.3 is 0 Å². The van der Waals surface area contributed by atoms with E-state index in [9.17, 15) is 0 Å². The molecule has 1 aromatic carbocycles. The summed E-state index contributed by atoms with van der Waals surface area (Å²) in [4.78, 5) is 2.09. The summed E-state index contributed by atoms with van der Waals surface area (Å²) in [7, 11) is 4.08. The van der Waals surface area contributed by atoms with Gasteiger partial charge in [-0.3, -0.25) is 0 Å².